The van der Waals surface area contributed by atoms with Crippen molar-refractivity contribution in [3.63, 3.8) is 0 Å². The number of anilines is 1. The summed E-state index contributed by atoms with van der Waals surface area (Å²) in [5.74, 6) is 0.211. The first kappa shape index (κ1) is 20.8. The summed E-state index contributed by atoms with van der Waals surface area (Å²) in [5.41, 5.74) is 1.55. The van der Waals surface area contributed by atoms with Crippen LogP contribution in [0.15, 0.2) is 40.7 Å². The summed E-state index contributed by atoms with van der Waals surface area (Å²) in [6, 6.07) is 3.71. The lowest BCUT2D eigenvalue weighted by atomic mass is 10.2. The lowest BCUT2D eigenvalue weighted by molar-refractivity contribution is -0.121. The normalized spacial score (nSPS) is 20.5. The zero-order valence-corrected chi connectivity index (χ0v) is 18.2. The Hall–Kier alpha value is -2.49. The van der Waals surface area contributed by atoms with Crippen molar-refractivity contribution in [1.82, 2.24) is 14.3 Å². The smallest absolute Gasteiger partial charge is 0.267 e. The van der Waals surface area contributed by atoms with Crippen LogP contribution >= 0.6 is 24.0 Å². The van der Waals surface area contributed by atoms with Gasteiger partial charge >= 0.3 is 0 Å². The molecule has 1 N–H and O–H groups in total. The molecule has 2 aliphatic heterocycles. The summed E-state index contributed by atoms with van der Waals surface area (Å²) in [7, 11) is 0. The third-order valence-electron chi connectivity index (χ3n) is 5.07. The number of aryl methyl sites for hydroxylation is 1. The molecule has 156 valence electrons. The molecule has 0 unspecified atom stereocenters. The number of nitrogens with one attached hydrogen (secondary N) is 1. The first-order valence-corrected chi connectivity index (χ1v) is 11.0. The van der Waals surface area contributed by atoms with Crippen LogP contribution in [0.2, 0.25) is 0 Å². The van der Waals surface area contributed by atoms with Gasteiger partial charge < -0.3 is 10.1 Å². The minimum Gasteiger partial charge on any atom is -0.376 e. The predicted octanol–water partition coefficient (Wildman–Crippen LogP) is 2.98. The van der Waals surface area contributed by atoms with Gasteiger partial charge in [-0.05, 0) is 37.5 Å². The molecule has 2 aromatic heterocycles. The van der Waals surface area contributed by atoms with Crippen molar-refractivity contribution in [2.24, 2.45) is 0 Å². The molecule has 0 saturated carbocycles. The minimum atomic E-state index is -0.243. The molecule has 0 aromatic carbocycles. The number of carbonyl (C=O) groups is 1. The highest BCUT2D eigenvalue weighted by Crippen LogP contribution is 2.33. The number of rotatable bonds is 6. The third kappa shape index (κ3) is 3.92. The number of amides is 1. The van der Waals surface area contributed by atoms with Crippen LogP contribution < -0.4 is 10.9 Å². The standard InChI is InChI=1S/C21H22N4O3S2/c1-3-8-25-20(27)16(30-21(25)29)11-15-17(22-12-14-7-5-10-28-14)23-18-13(2)6-4-9-24(18)19(15)26/h3-4,6,9,11,14,22H,1,5,7-8,10,12H2,2H3/b16-11-/t14-/m0/s1. The van der Waals surface area contributed by atoms with E-state index in [1.807, 2.05) is 13.0 Å². The van der Waals surface area contributed by atoms with Gasteiger partial charge in [0.25, 0.3) is 11.5 Å². The van der Waals surface area contributed by atoms with E-state index in [2.05, 4.69) is 11.9 Å². The quantitative estimate of drug-likeness (QED) is 0.419. The molecule has 2 aliphatic rings. The van der Waals surface area contributed by atoms with Crippen LogP contribution in [0.4, 0.5) is 5.82 Å². The predicted molar refractivity (Wildman–Crippen MR) is 124 cm³/mol. The Balaban J connectivity index is 1.78. The average Bonchev–Trinajstić information content (AvgIpc) is 3.34. The third-order valence-corrected chi connectivity index (χ3v) is 6.44. The molecule has 1 amide bonds. The summed E-state index contributed by atoms with van der Waals surface area (Å²) in [5, 5.41) is 3.27. The van der Waals surface area contributed by atoms with Crippen LogP contribution in [-0.4, -0.2) is 50.3 Å². The molecule has 9 heteroatoms. The highest BCUT2D eigenvalue weighted by atomic mass is 32.2. The van der Waals surface area contributed by atoms with Crippen LogP contribution in [0.25, 0.3) is 11.7 Å². The lowest BCUT2D eigenvalue weighted by Gasteiger charge is -2.15. The summed E-state index contributed by atoms with van der Waals surface area (Å²) < 4.78 is 7.63. The van der Waals surface area contributed by atoms with Gasteiger partial charge in [0.1, 0.15) is 15.8 Å². The topological polar surface area (TPSA) is 75.9 Å². The van der Waals surface area contributed by atoms with Crippen molar-refractivity contribution in [2.75, 3.05) is 25.0 Å². The number of hydrogen-bond acceptors (Lipinski definition) is 7. The highest BCUT2D eigenvalue weighted by Gasteiger charge is 2.32. The fourth-order valence-corrected chi connectivity index (χ4v) is 4.77. The van der Waals surface area contributed by atoms with Gasteiger partial charge in [0, 0.05) is 25.9 Å². The Morgan fingerprint density at radius 1 is 1.47 bits per heavy atom. The Morgan fingerprint density at radius 3 is 3.03 bits per heavy atom. The Morgan fingerprint density at radius 2 is 2.30 bits per heavy atom. The molecule has 0 spiro atoms. The fraction of sp³-hybridized carbons (Fsp3) is 0.333. The van der Waals surface area contributed by atoms with Gasteiger partial charge in [-0.3, -0.25) is 18.9 Å². The van der Waals surface area contributed by atoms with Gasteiger partial charge in [0.05, 0.1) is 16.6 Å². The molecule has 7 nitrogen and oxygen atoms in total. The zero-order valence-electron chi connectivity index (χ0n) is 16.6. The van der Waals surface area contributed by atoms with E-state index in [9.17, 15) is 9.59 Å². The van der Waals surface area contributed by atoms with E-state index in [0.29, 0.717) is 39.3 Å². The van der Waals surface area contributed by atoms with Crippen LogP contribution in [0.1, 0.15) is 24.0 Å². The SMILES string of the molecule is C=CCN1C(=O)/C(=C/c2c(NC[C@@H]3CCCO3)nc3c(C)cccn3c2=O)SC1=S. The molecule has 0 aliphatic carbocycles. The molecule has 4 rings (SSSR count). The molecule has 0 radical (unpaired) electrons. The molecule has 0 bridgehead atoms. The van der Waals surface area contributed by atoms with E-state index < -0.39 is 0 Å². The van der Waals surface area contributed by atoms with Gasteiger partial charge in [-0.25, -0.2) is 4.98 Å². The van der Waals surface area contributed by atoms with Crippen molar-refractivity contribution >= 4 is 51.7 Å². The van der Waals surface area contributed by atoms with Crippen molar-refractivity contribution in [3.8, 4) is 0 Å². The van der Waals surface area contributed by atoms with Crippen molar-refractivity contribution in [3.05, 3.63) is 57.4 Å². The average molecular weight is 443 g/mol. The van der Waals surface area contributed by atoms with E-state index in [1.165, 1.54) is 21.1 Å². The molecule has 2 fully saturated rings. The second kappa shape index (κ2) is 8.71. The fourth-order valence-electron chi connectivity index (χ4n) is 3.51. The van der Waals surface area contributed by atoms with Gasteiger partial charge in [-0.15, -0.1) is 6.58 Å². The maximum absolute atomic E-state index is 13.3. The Labute approximate surface area is 183 Å². The van der Waals surface area contributed by atoms with Crippen molar-refractivity contribution in [1.29, 1.82) is 0 Å². The number of aromatic nitrogens is 2. The summed E-state index contributed by atoms with van der Waals surface area (Å²) in [6.07, 6.45) is 6.97. The second-order valence-electron chi connectivity index (χ2n) is 7.16. The number of hydrogen-bond donors (Lipinski definition) is 1. The minimum absolute atomic E-state index is 0.0840. The summed E-state index contributed by atoms with van der Waals surface area (Å²) in [4.78, 5) is 32.6. The van der Waals surface area contributed by atoms with Crippen molar-refractivity contribution < 1.29 is 9.53 Å². The zero-order chi connectivity index (χ0) is 21.3. The number of thioether (sulfide) groups is 1. The molecule has 2 aromatic rings. The molecule has 2 saturated heterocycles. The maximum atomic E-state index is 13.3. The summed E-state index contributed by atoms with van der Waals surface area (Å²) in [6.45, 7) is 7.21. The monoisotopic (exact) mass is 442 g/mol. The summed E-state index contributed by atoms with van der Waals surface area (Å²) >= 11 is 6.49. The van der Waals surface area contributed by atoms with Crippen LogP contribution in [0.3, 0.4) is 0 Å². The van der Waals surface area contributed by atoms with E-state index in [4.69, 9.17) is 21.9 Å². The van der Waals surface area contributed by atoms with E-state index in [0.717, 1.165) is 25.0 Å². The van der Waals surface area contributed by atoms with Crippen LogP contribution in [0.5, 0.6) is 0 Å². The molecular weight excluding hydrogens is 420 g/mol. The maximum Gasteiger partial charge on any atom is 0.267 e. The lowest BCUT2D eigenvalue weighted by Crippen LogP contribution is -2.28. The Kier molecular flexibility index (Phi) is 6.03. The van der Waals surface area contributed by atoms with Gasteiger partial charge in [-0.1, -0.05) is 36.1 Å². The number of carbonyl (C=O) groups excluding carboxylic acids is 1. The first-order valence-electron chi connectivity index (χ1n) is 9.73. The first-order chi connectivity index (χ1) is 14.5. The van der Waals surface area contributed by atoms with E-state index >= 15 is 0 Å². The van der Waals surface area contributed by atoms with Gasteiger partial charge in [0.15, 0.2) is 0 Å². The highest BCUT2D eigenvalue weighted by molar-refractivity contribution is 8.26. The Bertz CT molecular complexity index is 1120. The van der Waals surface area contributed by atoms with E-state index in [1.54, 1.807) is 24.4 Å². The number of fused-ring (bicyclic) bond motifs is 1. The van der Waals surface area contributed by atoms with Gasteiger partial charge in [-0.2, -0.15) is 0 Å². The number of pyridine rings is 1. The molecule has 1 atom stereocenters. The molecular formula is C21H22N4O3S2. The largest absolute Gasteiger partial charge is 0.376 e. The van der Waals surface area contributed by atoms with Crippen LogP contribution in [-0.2, 0) is 9.53 Å². The molecule has 30 heavy (non-hydrogen) atoms. The molecule has 4 heterocycles. The van der Waals surface area contributed by atoms with Crippen molar-refractivity contribution in [2.45, 2.75) is 25.9 Å². The van der Waals surface area contributed by atoms with Crippen LogP contribution in [0, 0.1) is 6.92 Å². The second-order valence-corrected chi connectivity index (χ2v) is 8.84. The van der Waals surface area contributed by atoms with Gasteiger partial charge in [0.2, 0.25) is 0 Å². The number of thiocarbonyl (C=S) groups is 1. The number of nitrogens with zero attached hydrogens (tertiary/aromatic N) is 3. The number of ether oxygens (including phenoxy) is 1. The van der Waals surface area contributed by atoms with E-state index in [-0.39, 0.29) is 17.6 Å².